The fourth-order valence-electron chi connectivity index (χ4n) is 1.55. The lowest BCUT2D eigenvalue weighted by atomic mass is 10.1. The first-order chi connectivity index (χ1) is 7.26. The molecular formula is C13H21NO. The highest BCUT2D eigenvalue weighted by atomic mass is 16.3. The van der Waals surface area contributed by atoms with E-state index in [2.05, 4.69) is 43.4 Å². The Hall–Kier alpha value is -1.02. The number of hydrogen-bond acceptors (Lipinski definition) is 2. The van der Waals surface area contributed by atoms with Crippen molar-refractivity contribution in [1.29, 1.82) is 0 Å². The Labute approximate surface area is 92.3 Å². The van der Waals surface area contributed by atoms with Gasteiger partial charge < -0.3 is 10.4 Å². The van der Waals surface area contributed by atoms with Gasteiger partial charge in [0.1, 0.15) is 0 Å². The molecule has 0 fully saturated rings. The van der Waals surface area contributed by atoms with E-state index >= 15 is 0 Å². The molecule has 0 spiro atoms. The zero-order valence-electron chi connectivity index (χ0n) is 9.66. The largest absolute Gasteiger partial charge is 0.394 e. The molecule has 84 valence electrons. The first kappa shape index (κ1) is 12.1. The van der Waals surface area contributed by atoms with Crippen LogP contribution in [-0.2, 0) is 0 Å². The average molecular weight is 207 g/mol. The molecule has 0 aliphatic heterocycles. The molecule has 0 saturated carbocycles. The summed E-state index contributed by atoms with van der Waals surface area (Å²) in [4.78, 5) is 0. The average Bonchev–Trinajstić information content (AvgIpc) is 2.27. The number of aliphatic hydroxyl groups excluding tert-OH is 1. The molecule has 0 heterocycles. The van der Waals surface area contributed by atoms with Gasteiger partial charge >= 0.3 is 0 Å². The summed E-state index contributed by atoms with van der Waals surface area (Å²) in [5.74, 6) is 0. The van der Waals surface area contributed by atoms with E-state index in [1.54, 1.807) is 0 Å². The molecule has 0 bridgehead atoms. The molecule has 0 aromatic heterocycles. The number of benzene rings is 1. The Morgan fingerprint density at radius 2 is 1.93 bits per heavy atom. The van der Waals surface area contributed by atoms with E-state index in [-0.39, 0.29) is 12.6 Å². The van der Waals surface area contributed by atoms with Gasteiger partial charge in [-0.2, -0.15) is 0 Å². The van der Waals surface area contributed by atoms with Gasteiger partial charge in [0.05, 0.1) is 6.61 Å². The van der Waals surface area contributed by atoms with Crippen molar-refractivity contribution in [2.45, 2.75) is 39.2 Å². The molecule has 0 saturated heterocycles. The van der Waals surface area contributed by atoms with Crippen LogP contribution in [0.25, 0.3) is 0 Å². The smallest absolute Gasteiger partial charge is 0.0632 e. The Kier molecular flexibility index (Phi) is 5.19. The van der Waals surface area contributed by atoms with Gasteiger partial charge in [0.25, 0.3) is 0 Å². The maximum atomic E-state index is 9.21. The second-order valence-electron chi connectivity index (χ2n) is 4.03. The Bertz CT molecular complexity index is 268. The first-order valence-electron chi connectivity index (χ1n) is 5.70. The number of nitrogens with one attached hydrogen (secondary N) is 1. The summed E-state index contributed by atoms with van der Waals surface area (Å²) in [7, 11) is 0. The molecule has 0 aliphatic rings. The van der Waals surface area contributed by atoms with Crippen molar-refractivity contribution in [2.24, 2.45) is 0 Å². The lowest BCUT2D eigenvalue weighted by molar-refractivity contribution is 0.267. The Morgan fingerprint density at radius 1 is 1.27 bits per heavy atom. The number of aliphatic hydroxyl groups is 1. The molecule has 1 aromatic carbocycles. The molecule has 2 heteroatoms. The van der Waals surface area contributed by atoms with Crippen LogP contribution in [0.4, 0.5) is 5.69 Å². The maximum absolute atomic E-state index is 9.21. The minimum atomic E-state index is 0.188. The summed E-state index contributed by atoms with van der Waals surface area (Å²) in [6, 6.07) is 8.47. The normalized spacial score (nSPS) is 12.5. The van der Waals surface area contributed by atoms with Gasteiger partial charge in [-0.3, -0.25) is 0 Å². The first-order valence-corrected chi connectivity index (χ1v) is 5.70. The molecule has 0 aliphatic carbocycles. The predicted molar refractivity (Wildman–Crippen MR) is 65.2 cm³/mol. The molecule has 1 rings (SSSR count). The van der Waals surface area contributed by atoms with Gasteiger partial charge in [0.15, 0.2) is 0 Å². The highest BCUT2D eigenvalue weighted by Crippen LogP contribution is 2.12. The van der Waals surface area contributed by atoms with Crippen LogP contribution in [-0.4, -0.2) is 17.8 Å². The molecular weight excluding hydrogens is 186 g/mol. The predicted octanol–water partition coefficient (Wildman–Crippen LogP) is 2.96. The Morgan fingerprint density at radius 3 is 2.47 bits per heavy atom. The van der Waals surface area contributed by atoms with Crippen molar-refractivity contribution in [2.75, 3.05) is 11.9 Å². The van der Waals surface area contributed by atoms with Gasteiger partial charge in [0, 0.05) is 11.7 Å². The van der Waals surface area contributed by atoms with Crippen LogP contribution >= 0.6 is 0 Å². The van der Waals surface area contributed by atoms with Crippen molar-refractivity contribution in [1.82, 2.24) is 0 Å². The van der Waals surface area contributed by atoms with E-state index in [4.69, 9.17) is 0 Å². The topological polar surface area (TPSA) is 32.3 Å². The Balaban J connectivity index is 2.47. The lowest BCUT2D eigenvalue weighted by Crippen LogP contribution is -2.23. The summed E-state index contributed by atoms with van der Waals surface area (Å²) in [6.07, 6.45) is 3.36. The third kappa shape index (κ3) is 4.34. The third-order valence-electron chi connectivity index (χ3n) is 2.55. The quantitative estimate of drug-likeness (QED) is 0.751. The standard InChI is InChI=1S/C13H21NO/c1-3-4-5-13(10-15)14-12-8-6-11(2)7-9-12/h6-9,13-15H,3-5,10H2,1-2H3. The van der Waals surface area contributed by atoms with E-state index < -0.39 is 0 Å². The SMILES string of the molecule is CCCCC(CO)Nc1ccc(C)cc1. The maximum Gasteiger partial charge on any atom is 0.0632 e. The van der Waals surface area contributed by atoms with Gasteiger partial charge in [-0.1, -0.05) is 37.5 Å². The zero-order valence-corrected chi connectivity index (χ0v) is 9.66. The van der Waals surface area contributed by atoms with Crippen LogP contribution < -0.4 is 5.32 Å². The van der Waals surface area contributed by atoms with Crippen LogP contribution in [0.15, 0.2) is 24.3 Å². The van der Waals surface area contributed by atoms with E-state index in [9.17, 15) is 5.11 Å². The summed E-state index contributed by atoms with van der Waals surface area (Å²) in [5, 5.41) is 12.5. The van der Waals surface area contributed by atoms with Gasteiger partial charge in [-0.05, 0) is 25.5 Å². The van der Waals surface area contributed by atoms with E-state index in [0.29, 0.717) is 0 Å². The summed E-state index contributed by atoms with van der Waals surface area (Å²) in [5.41, 5.74) is 2.35. The fourth-order valence-corrected chi connectivity index (χ4v) is 1.55. The molecule has 0 radical (unpaired) electrons. The van der Waals surface area contributed by atoms with E-state index in [0.717, 1.165) is 18.5 Å². The third-order valence-corrected chi connectivity index (χ3v) is 2.55. The number of unbranched alkanes of at least 4 members (excludes halogenated alkanes) is 1. The number of rotatable bonds is 6. The molecule has 1 aromatic rings. The second-order valence-corrected chi connectivity index (χ2v) is 4.03. The number of hydrogen-bond donors (Lipinski definition) is 2. The van der Waals surface area contributed by atoms with Crippen molar-refractivity contribution in [3.63, 3.8) is 0 Å². The highest BCUT2D eigenvalue weighted by molar-refractivity contribution is 5.45. The fraction of sp³-hybridized carbons (Fsp3) is 0.538. The van der Waals surface area contributed by atoms with Gasteiger partial charge in [-0.15, -0.1) is 0 Å². The van der Waals surface area contributed by atoms with E-state index in [1.165, 1.54) is 12.0 Å². The van der Waals surface area contributed by atoms with Crippen molar-refractivity contribution in [3.05, 3.63) is 29.8 Å². The monoisotopic (exact) mass is 207 g/mol. The number of anilines is 1. The van der Waals surface area contributed by atoms with Crippen LogP contribution in [0.1, 0.15) is 31.7 Å². The highest BCUT2D eigenvalue weighted by Gasteiger charge is 2.05. The van der Waals surface area contributed by atoms with E-state index in [1.807, 2.05) is 0 Å². The summed E-state index contributed by atoms with van der Waals surface area (Å²) in [6.45, 7) is 4.44. The molecule has 2 N–H and O–H groups in total. The minimum absolute atomic E-state index is 0.188. The summed E-state index contributed by atoms with van der Waals surface area (Å²) >= 11 is 0. The summed E-state index contributed by atoms with van der Waals surface area (Å²) < 4.78 is 0. The van der Waals surface area contributed by atoms with Crippen molar-refractivity contribution < 1.29 is 5.11 Å². The lowest BCUT2D eigenvalue weighted by Gasteiger charge is -2.17. The molecule has 1 unspecified atom stereocenters. The van der Waals surface area contributed by atoms with Gasteiger partial charge in [0.2, 0.25) is 0 Å². The van der Waals surface area contributed by atoms with Crippen molar-refractivity contribution >= 4 is 5.69 Å². The molecule has 0 amide bonds. The molecule has 1 atom stereocenters. The van der Waals surface area contributed by atoms with Crippen LogP contribution in [0.3, 0.4) is 0 Å². The molecule has 15 heavy (non-hydrogen) atoms. The van der Waals surface area contributed by atoms with Gasteiger partial charge in [-0.25, -0.2) is 0 Å². The number of aryl methyl sites for hydroxylation is 1. The zero-order chi connectivity index (χ0) is 11.1. The van der Waals surface area contributed by atoms with Crippen LogP contribution in [0.5, 0.6) is 0 Å². The van der Waals surface area contributed by atoms with Crippen molar-refractivity contribution in [3.8, 4) is 0 Å². The second kappa shape index (κ2) is 6.46. The van der Waals surface area contributed by atoms with Crippen LogP contribution in [0.2, 0.25) is 0 Å². The minimum Gasteiger partial charge on any atom is -0.394 e. The molecule has 2 nitrogen and oxygen atoms in total. The van der Waals surface area contributed by atoms with Crippen LogP contribution in [0, 0.1) is 6.92 Å².